The number of aliphatic carboxylic acids is 1. The lowest BCUT2D eigenvalue weighted by atomic mass is 10.2. The maximum atomic E-state index is 10.6. The van der Waals surface area contributed by atoms with Crippen LogP contribution in [0.15, 0.2) is 40.2 Å². The zero-order valence-corrected chi connectivity index (χ0v) is 12.0. The first-order chi connectivity index (χ1) is 8.58. The SMILES string of the molecule is Cc1ccc(Br)cc1-n1ccnc1SCC(=O)O. The van der Waals surface area contributed by atoms with Crippen molar-refractivity contribution in [2.45, 2.75) is 12.1 Å². The normalized spacial score (nSPS) is 10.6. The molecule has 0 aliphatic rings. The molecular formula is C12H11BrN2O2S. The Morgan fingerprint density at radius 3 is 3.06 bits per heavy atom. The lowest BCUT2D eigenvalue weighted by Crippen LogP contribution is -2.02. The van der Waals surface area contributed by atoms with E-state index < -0.39 is 5.97 Å². The Hall–Kier alpha value is -1.27. The van der Waals surface area contributed by atoms with Gasteiger partial charge < -0.3 is 5.11 Å². The number of carboxylic acids is 1. The van der Waals surface area contributed by atoms with Crippen LogP contribution in [0.5, 0.6) is 0 Å². The van der Waals surface area contributed by atoms with Crippen LogP contribution in [0.2, 0.25) is 0 Å². The van der Waals surface area contributed by atoms with Gasteiger partial charge in [-0.05, 0) is 24.6 Å². The molecule has 0 spiro atoms. The number of hydrogen-bond acceptors (Lipinski definition) is 3. The fraction of sp³-hybridized carbons (Fsp3) is 0.167. The van der Waals surface area contributed by atoms with Gasteiger partial charge in [-0.1, -0.05) is 33.8 Å². The standard InChI is InChI=1S/C12H11BrN2O2S/c1-8-2-3-9(13)6-10(8)15-5-4-14-12(15)18-7-11(16)17/h2-6H,7H2,1H3,(H,16,17). The average molecular weight is 327 g/mol. The van der Waals surface area contributed by atoms with E-state index >= 15 is 0 Å². The number of aromatic nitrogens is 2. The van der Waals surface area contributed by atoms with E-state index in [9.17, 15) is 4.79 Å². The number of carbonyl (C=O) groups is 1. The molecule has 4 nitrogen and oxygen atoms in total. The average Bonchev–Trinajstić information content (AvgIpc) is 2.77. The van der Waals surface area contributed by atoms with Crippen molar-refractivity contribution in [3.63, 3.8) is 0 Å². The van der Waals surface area contributed by atoms with Crippen molar-refractivity contribution in [3.8, 4) is 5.69 Å². The second kappa shape index (κ2) is 5.58. The fourth-order valence-electron chi connectivity index (χ4n) is 1.55. The number of benzene rings is 1. The molecule has 0 saturated carbocycles. The van der Waals surface area contributed by atoms with Gasteiger partial charge in [-0.3, -0.25) is 9.36 Å². The molecule has 6 heteroatoms. The number of thioether (sulfide) groups is 1. The van der Waals surface area contributed by atoms with Crippen LogP contribution in [0.4, 0.5) is 0 Å². The molecule has 0 amide bonds. The lowest BCUT2D eigenvalue weighted by Gasteiger charge is -2.10. The molecule has 0 saturated heterocycles. The number of aryl methyl sites for hydroxylation is 1. The van der Waals surface area contributed by atoms with Crippen molar-refractivity contribution in [1.29, 1.82) is 0 Å². The minimum Gasteiger partial charge on any atom is -0.481 e. The third-order valence-corrected chi connectivity index (χ3v) is 3.81. The lowest BCUT2D eigenvalue weighted by molar-refractivity contribution is -0.133. The Morgan fingerprint density at radius 1 is 1.56 bits per heavy atom. The number of halogens is 1. The molecule has 1 aromatic heterocycles. The van der Waals surface area contributed by atoms with Gasteiger partial charge in [0.2, 0.25) is 0 Å². The molecule has 94 valence electrons. The molecule has 0 aliphatic heterocycles. The molecule has 1 heterocycles. The van der Waals surface area contributed by atoms with Crippen molar-refractivity contribution >= 4 is 33.7 Å². The largest absolute Gasteiger partial charge is 0.481 e. The van der Waals surface area contributed by atoms with Crippen molar-refractivity contribution in [2.75, 3.05) is 5.75 Å². The highest BCUT2D eigenvalue weighted by Crippen LogP contribution is 2.25. The summed E-state index contributed by atoms with van der Waals surface area (Å²) >= 11 is 4.64. The summed E-state index contributed by atoms with van der Waals surface area (Å²) in [5.41, 5.74) is 2.10. The first kappa shape index (κ1) is 13.2. The summed E-state index contributed by atoms with van der Waals surface area (Å²) in [6, 6.07) is 5.97. The van der Waals surface area contributed by atoms with E-state index in [2.05, 4.69) is 20.9 Å². The van der Waals surface area contributed by atoms with Crippen molar-refractivity contribution in [2.24, 2.45) is 0 Å². The third-order valence-electron chi connectivity index (χ3n) is 2.36. The highest BCUT2D eigenvalue weighted by atomic mass is 79.9. The smallest absolute Gasteiger partial charge is 0.313 e. The number of hydrogen-bond donors (Lipinski definition) is 1. The molecule has 1 aromatic carbocycles. The van der Waals surface area contributed by atoms with Crippen LogP contribution in [0.25, 0.3) is 5.69 Å². The highest BCUT2D eigenvalue weighted by Gasteiger charge is 2.10. The van der Waals surface area contributed by atoms with E-state index in [1.54, 1.807) is 6.20 Å². The molecule has 0 unspecified atom stereocenters. The van der Waals surface area contributed by atoms with Crippen molar-refractivity contribution < 1.29 is 9.90 Å². The first-order valence-electron chi connectivity index (χ1n) is 5.22. The van der Waals surface area contributed by atoms with Crippen LogP contribution < -0.4 is 0 Å². The van der Waals surface area contributed by atoms with Crippen LogP contribution >= 0.6 is 27.7 Å². The van der Waals surface area contributed by atoms with E-state index in [1.165, 1.54) is 11.8 Å². The zero-order valence-electron chi connectivity index (χ0n) is 9.63. The molecule has 1 N–H and O–H groups in total. The molecule has 0 atom stereocenters. The Bertz CT molecular complexity index is 583. The fourth-order valence-corrected chi connectivity index (χ4v) is 2.58. The summed E-state index contributed by atoms with van der Waals surface area (Å²) in [6.45, 7) is 2.01. The summed E-state index contributed by atoms with van der Waals surface area (Å²) in [6.07, 6.45) is 3.50. The summed E-state index contributed by atoms with van der Waals surface area (Å²) in [7, 11) is 0. The van der Waals surface area contributed by atoms with Gasteiger partial charge in [0.15, 0.2) is 5.16 Å². The van der Waals surface area contributed by atoms with Gasteiger partial charge in [0.05, 0.1) is 11.4 Å². The van der Waals surface area contributed by atoms with E-state index in [-0.39, 0.29) is 5.75 Å². The third kappa shape index (κ3) is 2.94. The summed E-state index contributed by atoms with van der Waals surface area (Å²) in [5, 5.41) is 9.39. The molecular weight excluding hydrogens is 316 g/mol. The van der Waals surface area contributed by atoms with Crippen LogP contribution in [0.1, 0.15) is 5.56 Å². The van der Waals surface area contributed by atoms with Crippen molar-refractivity contribution in [1.82, 2.24) is 9.55 Å². The maximum Gasteiger partial charge on any atom is 0.313 e. The van der Waals surface area contributed by atoms with E-state index in [0.717, 1.165) is 15.7 Å². The zero-order chi connectivity index (χ0) is 13.1. The Labute approximate surface area is 117 Å². The molecule has 0 aliphatic carbocycles. The minimum absolute atomic E-state index is 0.00403. The van der Waals surface area contributed by atoms with E-state index in [4.69, 9.17) is 5.11 Å². The number of rotatable bonds is 4. The number of imidazole rings is 1. The molecule has 0 radical (unpaired) electrons. The van der Waals surface area contributed by atoms with Gasteiger partial charge in [0.25, 0.3) is 0 Å². The predicted octanol–water partition coefficient (Wildman–Crippen LogP) is 3.12. The molecule has 2 aromatic rings. The molecule has 0 fully saturated rings. The van der Waals surface area contributed by atoms with Crippen LogP contribution in [-0.2, 0) is 4.79 Å². The first-order valence-corrected chi connectivity index (χ1v) is 7.00. The highest BCUT2D eigenvalue weighted by molar-refractivity contribution is 9.10. The van der Waals surface area contributed by atoms with E-state index in [0.29, 0.717) is 5.16 Å². The van der Waals surface area contributed by atoms with Crippen LogP contribution in [-0.4, -0.2) is 26.4 Å². The van der Waals surface area contributed by atoms with Crippen LogP contribution in [0, 0.1) is 6.92 Å². The van der Waals surface area contributed by atoms with Gasteiger partial charge >= 0.3 is 5.97 Å². The summed E-state index contributed by atoms with van der Waals surface area (Å²) < 4.78 is 2.87. The second-order valence-corrected chi connectivity index (χ2v) is 5.55. The molecule has 0 bridgehead atoms. The number of nitrogens with zero attached hydrogens (tertiary/aromatic N) is 2. The predicted molar refractivity (Wildman–Crippen MR) is 74.4 cm³/mol. The van der Waals surface area contributed by atoms with Gasteiger partial charge in [0.1, 0.15) is 0 Å². The molecule has 2 rings (SSSR count). The van der Waals surface area contributed by atoms with Gasteiger partial charge in [-0.15, -0.1) is 0 Å². The Balaban J connectivity index is 2.36. The number of carboxylic acid groups (broad SMARTS) is 1. The van der Waals surface area contributed by atoms with Gasteiger partial charge in [-0.25, -0.2) is 4.98 Å². The quantitative estimate of drug-likeness (QED) is 0.877. The monoisotopic (exact) mass is 326 g/mol. The summed E-state index contributed by atoms with van der Waals surface area (Å²) in [4.78, 5) is 14.8. The van der Waals surface area contributed by atoms with Gasteiger partial charge in [-0.2, -0.15) is 0 Å². The maximum absolute atomic E-state index is 10.6. The topological polar surface area (TPSA) is 55.1 Å². The van der Waals surface area contributed by atoms with E-state index in [1.807, 2.05) is 35.9 Å². The Morgan fingerprint density at radius 2 is 2.33 bits per heavy atom. The summed E-state index contributed by atoms with van der Waals surface area (Å²) in [5.74, 6) is -0.843. The minimum atomic E-state index is -0.847. The second-order valence-electron chi connectivity index (χ2n) is 3.69. The van der Waals surface area contributed by atoms with Crippen molar-refractivity contribution in [3.05, 3.63) is 40.6 Å². The molecule has 18 heavy (non-hydrogen) atoms. The van der Waals surface area contributed by atoms with Crippen LogP contribution in [0.3, 0.4) is 0 Å². The Kier molecular flexibility index (Phi) is 4.08. The van der Waals surface area contributed by atoms with Gasteiger partial charge in [0, 0.05) is 16.9 Å².